The van der Waals surface area contributed by atoms with Gasteiger partial charge in [-0.1, -0.05) is 11.6 Å². The van der Waals surface area contributed by atoms with Crippen molar-refractivity contribution in [3.05, 3.63) is 39.7 Å². The number of amides is 1. The monoisotopic (exact) mass is 455 g/mol. The average Bonchev–Trinajstić information content (AvgIpc) is 3.26. The highest BCUT2D eigenvalue weighted by Gasteiger charge is 2.34. The molecule has 1 amide bonds. The van der Waals surface area contributed by atoms with Gasteiger partial charge in [-0.3, -0.25) is 4.79 Å². The Morgan fingerprint density at radius 2 is 2.11 bits per heavy atom. The Balaban J connectivity index is 1.48. The first-order chi connectivity index (χ1) is 13.3. The normalized spacial score (nSPS) is 18.4. The van der Waals surface area contributed by atoms with E-state index in [9.17, 15) is 13.2 Å². The van der Waals surface area contributed by atoms with Gasteiger partial charge in [0.2, 0.25) is 5.91 Å². The number of hydrogen-bond acceptors (Lipinski definition) is 6. The van der Waals surface area contributed by atoms with Crippen molar-refractivity contribution in [2.75, 3.05) is 18.4 Å². The number of carbonyl (C=O) groups is 1. The number of thiazole rings is 1. The molecule has 1 aromatic carbocycles. The van der Waals surface area contributed by atoms with Crippen molar-refractivity contribution in [2.45, 2.75) is 24.0 Å². The molecule has 4 rings (SSSR count). The van der Waals surface area contributed by atoms with Crippen molar-refractivity contribution in [3.63, 3.8) is 0 Å². The zero-order valence-corrected chi connectivity index (χ0v) is 18.2. The summed E-state index contributed by atoms with van der Waals surface area (Å²) in [7, 11) is -3.63. The van der Waals surface area contributed by atoms with Gasteiger partial charge < -0.3 is 5.32 Å². The van der Waals surface area contributed by atoms with Crippen LogP contribution in [0.4, 0.5) is 5.69 Å². The summed E-state index contributed by atoms with van der Waals surface area (Å²) in [5, 5.41) is 3.89. The summed E-state index contributed by atoms with van der Waals surface area (Å²) in [6.45, 7) is 2.52. The predicted molar refractivity (Wildman–Crippen MR) is 114 cm³/mol. The van der Waals surface area contributed by atoms with E-state index in [4.69, 9.17) is 11.6 Å². The van der Waals surface area contributed by atoms with Gasteiger partial charge in [0.15, 0.2) is 0 Å². The Kier molecular flexibility index (Phi) is 5.45. The van der Waals surface area contributed by atoms with Crippen LogP contribution >= 0.6 is 34.3 Å². The SMILES string of the molecule is Cc1nc2cc(NC(=O)C3CCCN(S(=O)(=O)c4ccc(Cl)s4)C3)ccc2s1. The van der Waals surface area contributed by atoms with Crippen LogP contribution in [0.15, 0.2) is 34.5 Å². The van der Waals surface area contributed by atoms with Gasteiger partial charge in [-0.25, -0.2) is 13.4 Å². The molecule has 1 atom stereocenters. The van der Waals surface area contributed by atoms with E-state index in [1.54, 1.807) is 17.4 Å². The molecule has 2 aromatic heterocycles. The number of nitrogens with zero attached hydrogens (tertiary/aromatic N) is 2. The van der Waals surface area contributed by atoms with E-state index in [1.807, 2.05) is 25.1 Å². The molecule has 3 heterocycles. The second kappa shape index (κ2) is 7.72. The summed E-state index contributed by atoms with van der Waals surface area (Å²) in [6, 6.07) is 8.72. The van der Waals surface area contributed by atoms with E-state index in [0.717, 1.165) is 26.6 Å². The van der Waals surface area contributed by atoms with Crippen molar-refractivity contribution in [1.29, 1.82) is 0 Å². The number of nitrogens with one attached hydrogen (secondary N) is 1. The number of piperidine rings is 1. The summed E-state index contributed by atoms with van der Waals surface area (Å²) in [5.74, 6) is -0.567. The zero-order valence-electron chi connectivity index (χ0n) is 15.0. The maximum atomic E-state index is 12.8. The molecule has 1 aliphatic heterocycles. The fraction of sp³-hybridized carbons (Fsp3) is 0.333. The molecule has 10 heteroatoms. The predicted octanol–water partition coefficient (Wildman–Crippen LogP) is 4.36. The van der Waals surface area contributed by atoms with Crippen LogP contribution in [0.2, 0.25) is 4.34 Å². The Morgan fingerprint density at radius 3 is 2.86 bits per heavy atom. The second-order valence-electron chi connectivity index (χ2n) is 6.67. The van der Waals surface area contributed by atoms with Crippen LogP contribution in [0, 0.1) is 12.8 Å². The zero-order chi connectivity index (χ0) is 19.9. The lowest BCUT2D eigenvalue weighted by atomic mass is 9.98. The van der Waals surface area contributed by atoms with Crippen molar-refractivity contribution in [3.8, 4) is 0 Å². The Morgan fingerprint density at radius 1 is 1.29 bits per heavy atom. The van der Waals surface area contributed by atoms with Gasteiger partial charge in [-0.2, -0.15) is 4.31 Å². The maximum absolute atomic E-state index is 12.8. The fourth-order valence-electron chi connectivity index (χ4n) is 3.30. The van der Waals surface area contributed by atoms with Gasteiger partial charge in [0.25, 0.3) is 10.0 Å². The van der Waals surface area contributed by atoms with Crippen LogP contribution in [0.25, 0.3) is 10.2 Å². The minimum atomic E-state index is -3.63. The van der Waals surface area contributed by atoms with Crippen molar-refractivity contribution >= 4 is 66.1 Å². The first kappa shape index (κ1) is 19.8. The summed E-state index contributed by atoms with van der Waals surface area (Å²) < 4.78 is 28.7. The number of hydrogen-bond donors (Lipinski definition) is 1. The van der Waals surface area contributed by atoms with Crippen LogP contribution in [0.1, 0.15) is 17.8 Å². The minimum Gasteiger partial charge on any atom is -0.326 e. The number of aryl methyl sites for hydroxylation is 1. The number of fused-ring (bicyclic) bond motifs is 1. The molecule has 28 heavy (non-hydrogen) atoms. The molecule has 1 N–H and O–H groups in total. The number of anilines is 1. The summed E-state index contributed by atoms with van der Waals surface area (Å²) in [6.07, 6.45) is 1.29. The highest BCUT2D eigenvalue weighted by atomic mass is 35.5. The molecule has 0 saturated carbocycles. The molecular formula is C18H18ClN3O3S3. The average molecular weight is 456 g/mol. The molecule has 0 aliphatic carbocycles. The van der Waals surface area contributed by atoms with E-state index < -0.39 is 15.9 Å². The Hall–Kier alpha value is -1.52. The van der Waals surface area contributed by atoms with Crippen LogP contribution < -0.4 is 5.32 Å². The smallest absolute Gasteiger partial charge is 0.252 e. The summed E-state index contributed by atoms with van der Waals surface area (Å²) in [5.41, 5.74) is 1.52. The van der Waals surface area contributed by atoms with Gasteiger partial charge in [-0.05, 0) is 50.1 Å². The molecule has 1 saturated heterocycles. The molecule has 1 unspecified atom stereocenters. The first-order valence-corrected chi connectivity index (χ1v) is 12.2. The quantitative estimate of drug-likeness (QED) is 0.633. The van der Waals surface area contributed by atoms with Gasteiger partial charge in [-0.15, -0.1) is 22.7 Å². The van der Waals surface area contributed by atoms with Gasteiger partial charge >= 0.3 is 0 Å². The molecule has 1 fully saturated rings. The highest BCUT2D eigenvalue weighted by molar-refractivity contribution is 7.91. The van der Waals surface area contributed by atoms with Crippen molar-refractivity contribution < 1.29 is 13.2 Å². The van der Waals surface area contributed by atoms with Gasteiger partial charge in [0, 0.05) is 18.8 Å². The number of aromatic nitrogens is 1. The molecular weight excluding hydrogens is 438 g/mol. The van der Waals surface area contributed by atoms with Crippen LogP contribution in [-0.4, -0.2) is 36.7 Å². The molecule has 0 spiro atoms. The lowest BCUT2D eigenvalue weighted by molar-refractivity contribution is -0.120. The molecule has 6 nitrogen and oxygen atoms in total. The third-order valence-electron chi connectivity index (χ3n) is 4.66. The third-order valence-corrected chi connectivity index (χ3v) is 9.18. The van der Waals surface area contributed by atoms with E-state index in [2.05, 4.69) is 10.3 Å². The van der Waals surface area contributed by atoms with Gasteiger partial charge in [0.1, 0.15) is 4.21 Å². The standard InChI is InChI=1S/C18H18ClN3O3S3/c1-11-20-14-9-13(4-5-15(14)26-11)21-18(23)12-3-2-8-22(10-12)28(24,25)17-7-6-16(19)27-17/h4-7,9,12H,2-3,8,10H2,1H3,(H,21,23). The number of thiophene rings is 1. The maximum Gasteiger partial charge on any atom is 0.252 e. The third kappa shape index (κ3) is 3.95. The van der Waals surface area contributed by atoms with E-state index >= 15 is 0 Å². The highest BCUT2D eigenvalue weighted by Crippen LogP contribution is 2.31. The lowest BCUT2D eigenvalue weighted by Crippen LogP contribution is -2.43. The summed E-state index contributed by atoms with van der Waals surface area (Å²) in [4.78, 5) is 17.2. The van der Waals surface area contributed by atoms with Crippen molar-refractivity contribution in [2.24, 2.45) is 5.92 Å². The number of benzene rings is 1. The topological polar surface area (TPSA) is 79.4 Å². The summed E-state index contributed by atoms with van der Waals surface area (Å²) >= 11 is 8.52. The van der Waals surface area contributed by atoms with Crippen LogP contribution in [0.3, 0.4) is 0 Å². The minimum absolute atomic E-state index is 0.168. The molecule has 3 aromatic rings. The molecule has 0 bridgehead atoms. The fourth-order valence-corrected chi connectivity index (χ4v) is 7.27. The van der Waals surface area contributed by atoms with E-state index in [0.29, 0.717) is 29.4 Å². The Bertz CT molecular complexity index is 1140. The van der Waals surface area contributed by atoms with Crippen LogP contribution in [-0.2, 0) is 14.8 Å². The van der Waals surface area contributed by atoms with Crippen molar-refractivity contribution in [1.82, 2.24) is 9.29 Å². The lowest BCUT2D eigenvalue weighted by Gasteiger charge is -2.30. The molecule has 1 aliphatic rings. The second-order valence-corrected chi connectivity index (χ2v) is 11.8. The first-order valence-electron chi connectivity index (χ1n) is 8.76. The van der Waals surface area contributed by atoms with Gasteiger partial charge in [0.05, 0.1) is 25.5 Å². The largest absolute Gasteiger partial charge is 0.326 e. The molecule has 148 valence electrons. The molecule has 0 radical (unpaired) electrons. The van der Waals surface area contributed by atoms with E-state index in [-0.39, 0.29) is 16.7 Å². The van der Waals surface area contributed by atoms with E-state index in [1.165, 1.54) is 10.4 Å². The number of carbonyl (C=O) groups excluding carboxylic acids is 1. The van der Waals surface area contributed by atoms with Crippen LogP contribution in [0.5, 0.6) is 0 Å². The number of halogens is 1. The Labute approximate surface area is 176 Å². The number of sulfonamides is 1. The number of rotatable bonds is 4.